The van der Waals surface area contributed by atoms with Gasteiger partial charge in [-0.15, -0.1) is 0 Å². The summed E-state index contributed by atoms with van der Waals surface area (Å²) in [7, 11) is 0. The molecule has 25 heavy (non-hydrogen) atoms. The van der Waals surface area contributed by atoms with Crippen LogP contribution in [-0.4, -0.2) is 17.4 Å². The molecule has 3 nitrogen and oxygen atoms in total. The minimum Gasteiger partial charge on any atom is -0.459 e. The van der Waals surface area contributed by atoms with Gasteiger partial charge in [0.2, 0.25) is 0 Å². The third-order valence-corrected chi connectivity index (χ3v) is 6.53. The van der Waals surface area contributed by atoms with Gasteiger partial charge in [-0.3, -0.25) is 4.79 Å². The maximum Gasteiger partial charge on any atom is 0.290 e. The normalized spacial score (nSPS) is 25.8. The second kappa shape index (κ2) is 6.21. The molecule has 0 radical (unpaired) electrons. The van der Waals surface area contributed by atoms with Gasteiger partial charge in [-0.05, 0) is 65.5 Å². The number of benzene rings is 1. The van der Waals surface area contributed by atoms with Crippen molar-refractivity contribution in [1.82, 2.24) is 4.90 Å². The van der Waals surface area contributed by atoms with Crippen molar-refractivity contribution in [3.8, 4) is 0 Å². The van der Waals surface area contributed by atoms with Crippen LogP contribution in [0, 0.1) is 5.92 Å². The van der Waals surface area contributed by atoms with E-state index in [0.29, 0.717) is 23.5 Å². The molecule has 4 rings (SSSR count). The molecule has 1 aliphatic carbocycles. The second-order valence-electron chi connectivity index (χ2n) is 7.45. The second-order valence-corrected chi connectivity index (χ2v) is 7.86. The monoisotopic (exact) mass is 357 g/mol. The van der Waals surface area contributed by atoms with E-state index in [4.69, 9.17) is 16.0 Å². The van der Waals surface area contributed by atoms with Gasteiger partial charge in [0.15, 0.2) is 5.76 Å². The number of carbonyl (C=O) groups is 1. The third kappa shape index (κ3) is 2.43. The summed E-state index contributed by atoms with van der Waals surface area (Å²) in [6, 6.07) is 7.80. The van der Waals surface area contributed by atoms with Crippen LogP contribution >= 0.6 is 11.6 Å². The summed E-state index contributed by atoms with van der Waals surface area (Å²) in [6.07, 6.45) is 3.62. The number of furan rings is 1. The van der Waals surface area contributed by atoms with Gasteiger partial charge in [-0.1, -0.05) is 38.4 Å². The third-order valence-electron chi connectivity index (χ3n) is 6.20. The van der Waals surface area contributed by atoms with Crippen LogP contribution in [0.4, 0.5) is 0 Å². The van der Waals surface area contributed by atoms with Gasteiger partial charge in [0, 0.05) is 11.6 Å². The molecule has 1 aliphatic heterocycles. The topological polar surface area (TPSA) is 33.5 Å². The Bertz CT molecular complexity index is 798. The molecule has 4 atom stereocenters. The van der Waals surface area contributed by atoms with Crippen LogP contribution in [-0.2, 0) is 0 Å². The highest BCUT2D eigenvalue weighted by Crippen LogP contribution is 2.56. The van der Waals surface area contributed by atoms with Gasteiger partial charge in [0.25, 0.3) is 5.91 Å². The largest absolute Gasteiger partial charge is 0.459 e. The predicted octanol–water partition coefficient (Wildman–Crippen LogP) is 5.77. The first-order chi connectivity index (χ1) is 12.0. The van der Waals surface area contributed by atoms with Crippen molar-refractivity contribution in [1.29, 1.82) is 0 Å². The number of piperidine rings is 1. The molecule has 1 fully saturated rings. The zero-order chi connectivity index (χ0) is 17.7. The summed E-state index contributed by atoms with van der Waals surface area (Å²) >= 11 is 6.60. The van der Waals surface area contributed by atoms with E-state index in [1.54, 1.807) is 18.4 Å². The van der Waals surface area contributed by atoms with Crippen LogP contribution in [0.1, 0.15) is 78.7 Å². The van der Waals surface area contributed by atoms with Gasteiger partial charge in [-0.25, -0.2) is 0 Å². The number of fused-ring (bicyclic) bond motifs is 5. The molecule has 0 N–H and O–H groups in total. The number of amides is 1. The Morgan fingerprint density at radius 3 is 2.88 bits per heavy atom. The molecule has 2 aromatic rings. The summed E-state index contributed by atoms with van der Waals surface area (Å²) in [4.78, 5) is 15.0. The Labute approximate surface area is 154 Å². The van der Waals surface area contributed by atoms with Gasteiger partial charge in [0.1, 0.15) is 0 Å². The quantitative estimate of drug-likeness (QED) is 0.698. The Hall–Kier alpha value is -1.74. The zero-order valence-electron chi connectivity index (χ0n) is 15.0. The first kappa shape index (κ1) is 16.7. The van der Waals surface area contributed by atoms with Crippen molar-refractivity contribution in [2.24, 2.45) is 5.92 Å². The fourth-order valence-electron chi connectivity index (χ4n) is 4.82. The summed E-state index contributed by atoms with van der Waals surface area (Å²) in [5, 5.41) is 0.872. The Morgan fingerprint density at radius 1 is 1.40 bits per heavy atom. The number of nitrogens with zero attached hydrogens (tertiary/aromatic N) is 1. The molecule has 2 bridgehead atoms. The number of hydrogen-bond acceptors (Lipinski definition) is 2. The van der Waals surface area contributed by atoms with E-state index in [9.17, 15) is 4.79 Å². The van der Waals surface area contributed by atoms with Crippen molar-refractivity contribution in [2.45, 2.75) is 51.5 Å². The minimum atomic E-state index is -0.00631. The molecular formula is C21H24ClNO2. The van der Waals surface area contributed by atoms with Crippen LogP contribution in [0.25, 0.3) is 0 Å². The molecule has 2 aliphatic rings. The summed E-state index contributed by atoms with van der Waals surface area (Å²) in [6.45, 7) is 7.49. The van der Waals surface area contributed by atoms with Crippen molar-refractivity contribution in [3.63, 3.8) is 0 Å². The van der Waals surface area contributed by atoms with E-state index in [-0.39, 0.29) is 11.9 Å². The maximum absolute atomic E-state index is 13.0. The molecule has 1 saturated heterocycles. The minimum absolute atomic E-state index is 0.00631. The highest BCUT2D eigenvalue weighted by molar-refractivity contribution is 6.31. The van der Waals surface area contributed by atoms with Crippen molar-refractivity contribution >= 4 is 17.5 Å². The molecular weight excluding hydrogens is 334 g/mol. The van der Waals surface area contributed by atoms with Gasteiger partial charge < -0.3 is 9.32 Å². The van der Waals surface area contributed by atoms with E-state index in [0.717, 1.165) is 24.4 Å². The summed E-state index contributed by atoms with van der Waals surface area (Å²) < 4.78 is 5.36. The lowest BCUT2D eigenvalue weighted by atomic mass is 9.82. The highest BCUT2D eigenvalue weighted by atomic mass is 35.5. The Morgan fingerprint density at radius 2 is 2.20 bits per heavy atom. The zero-order valence-corrected chi connectivity index (χ0v) is 15.7. The van der Waals surface area contributed by atoms with E-state index in [2.05, 4.69) is 26.8 Å². The lowest BCUT2D eigenvalue weighted by Crippen LogP contribution is -2.41. The SMILES string of the molecule is CCC(C)c1c(Cl)ccc2c1C1CCN(C(=O)c3ccco3)C2C1C. The molecule has 4 heteroatoms. The fourth-order valence-corrected chi connectivity index (χ4v) is 5.17. The number of rotatable bonds is 3. The van der Waals surface area contributed by atoms with Gasteiger partial charge in [0.05, 0.1) is 12.3 Å². The first-order valence-corrected chi connectivity index (χ1v) is 9.59. The molecule has 132 valence electrons. The van der Waals surface area contributed by atoms with E-state index in [1.807, 2.05) is 11.0 Å². The Kier molecular flexibility index (Phi) is 4.15. The Balaban J connectivity index is 1.81. The van der Waals surface area contributed by atoms with E-state index < -0.39 is 0 Å². The average Bonchev–Trinajstić information content (AvgIpc) is 3.19. The molecule has 0 saturated carbocycles. The average molecular weight is 358 g/mol. The number of carbonyl (C=O) groups excluding carboxylic acids is 1. The van der Waals surface area contributed by atoms with Crippen LogP contribution in [0.3, 0.4) is 0 Å². The number of halogens is 1. The lowest BCUT2D eigenvalue weighted by molar-refractivity contribution is 0.0492. The predicted molar refractivity (Wildman–Crippen MR) is 99.2 cm³/mol. The van der Waals surface area contributed by atoms with Crippen LogP contribution in [0.15, 0.2) is 34.9 Å². The van der Waals surface area contributed by atoms with E-state index in [1.165, 1.54) is 16.7 Å². The van der Waals surface area contributed by atoms with Crippen molar-refractivity contribution in [2.75, 3.05) is 6.54 Å². The molecule has 1 aromatic heterocycles. The first-order valence-electron chi connectivity index (χ1n) is 9.21. The van der Waals surface area contributed by atoms with Crippen LogP contribution in [0.5, 0.6) is 0 Å². The van der Waals surface area contributed by atoms with Crippen LogP contribution in [0.2, 0.25) is 5.02 Å². The van der Waals surface area contributed by atoms with Crippen molar-refractivity contribution < 1.29 is 9.21 Å². The lowest BCUT2D eigenvalue weighted by Gasteiger charge is -2.38. The molecule has 1 aromatic carbocycles. The molecule has 2 heterocycles. The molecule has 1 amide bonds. The summed E-state index contributed by atoms with van der Waals surface area (Å²) in [5.74, 6) is 1.75. The maximum atomic E-state index is 13.0. The van der Waals surface area contributed by atoms with Crippen molar-refractivity contribution in [3.05, 3.63) is 58.0 Å². The molecule has 4 unspecified atom stereocenters. The van der Waals surface area contributed by atoms with Gasteiger partial charge >= 0.3 is 0 Å². The van der Waals surface area contributed by atoms with Crippen LogP contribution < -0.4 is 0 Å². The van der Waals surface area contributed by atoms with E-state index >= 15 is 0 Å². The number of hydrogen-bond donors (Lipinski definition) is 0. The smallest absolute Gasteiger partial charge is 0.290 e. The summed E-state index contributed by atoms with van der Waals surface area (Å²) in [5.41, 5.74) is 4.00. The number of likely N-dealkylation sites (tertiary alicyclic amines) is 1. The van der Waals surface area contributed by atoms with Gasteiger partial charge in [-0.2, -0.15) is 0 Å². The fraction of sp³-hybridized carbons (Fsp3) is 0.476. The highest BCUT2D eigenvalue weighted by Gasteiger charge is 2.48. The standard InChI is InChI=1S/C21H24ClNO2/c1-4-12(2)18-16(22)8-7-15-19(18)14-9-10-23(20(15)13(14)3)21(24)17-6-5-11-25-17/h5-8,11-14,20H,4,9-10H2,1-3H3. The molecule has 0 spiro atoms.